The third-order valence-electron chi connectivity index (χ3n) is 3.21. The molecule has 1 atom stereocenters. The van der Waals surface area contributed by atoms with Crippen LogP contribution in [-0.4, -0.2) is 19.5 Å². The lowest BCUT2D eigenvalue weighted by molar-refractivity contribution is -0.119. The molecule has 2 rings (SSSR count). The fourth-order valence-electron chi connectivity index (χ4n) is 2.24. The second-order valence-electron chi connectivity index (χ2n) is 4.63. The predicted molar refractivity (Wildman–Crippen MR) is 71.3 cm³/mol. The van der Waals surface area contributed by atoms with E-state index in [0.29, 0.717) is 23.4 Å². The quantitative estimate of drug-likeness (QED) is 0.858. The van der Waals surface area contributed by atoms with E-state index in [1.54, 1.807) is 24.3 Å². The number of hydrogen-bond acceptors (Lipinski definition) is 3. The molecule has 1 fully saturated rings. The van der Waals surface area contributed by atoms with Gasteiger partial charge in [-0.3, -0.25) is 4.79 Å². The van der Waals surface area contributed by atoms with Crippen LogP contribution in [0.2, 0.25) is 5.02 Å². The summed E-state index contributed by atoms with van der Waals surface area (Å²) in [6, 6.07) is 6.70. The number of carbonyl (C=O) groups is 1. The van der Waals surface area contributed by atoms with Crippen molar-refractivity contribution in [3.8, 4) is 0 Å². The summed E-state index contributed by atoms with van der Waals surface area (Å²) in [7, 11) is -3.39. The van der Waals surface area contributed by atoms with Gasteiger partial charge in [0.05, 0.1) is 5.75 Å². The largest absolute Gasteiger partial charge is 0.298 e. The Morgan fingerprint density at radius 2 is 1.83 bits per heavy atom. The summed E-state index contributed by atoms with van der Waals surface area (Å²) < 4.78 is 24.4. The predicted octanol–water partition coefficient (Wildman–Crippen LogP) is 2.77. The molecule has 0 saturated heterocycles. The summed E-state index contributed by atoms with van der Waals surface area (Å²) in [5, 5.41) is -0.230. The van der Waals surface area contributed by atoms with Gasteiger partial charge < -0.3 is 0 Å². The highest BCUT2D eigenvalue weighted by Crippen LogP contribution is 2.24. The molecule has 1 aliphatic rings. The smallest absolute Gasteiger partial charge is 0.164 e. The van der Waals surface area contributed by atoms with E-state index >= 15 is 0 Å². The maximum Gasteiger partial charge on any atom is 0.164 e. The summed E-state index contributed by atoms with van der Waals surface area (Å²) in [5.74, 6) is -0.212. The van der Waals surface area contributed by atoms with Crippen LogP contribution in [0, 0.1) is 0 Å². The molecule has 0 bridgehead atoms. The van der Waals surface area contributed by atoms with Crippen molar-refractivity contribution in [3.63, 3.8) is 0 Å². The Kier molecular flexibility index (Phi) is 4.07. The molecule has 0 aliphatic heterocycles. The zero-order valence-corrected chi connectivity index (χ0v) is 11.5. The second kappa shape index (κ2) is 5.41. The molecule has 3 nitrogen and oxygen atoms in total. The van der Waals surface area contributed by atoms with E-state index < -0.39 is 15.1 Å². The molecule has 0 aromatic heterocycles. The maximum absolute atomic E-state index is 12.2. The lowest BCUT2D eigenvalue weighted by atomic mass is 9.99. The molecular formula is C13H15ClO3S. The zero-order valence-electron chi connectivity index (χ0n) is 9.93. The molecule has 18 heavy (non-hydrogen) atoms. The van der Waals surface area contributed by atoms with Gasteiger partial charge >= 0.3 is 0 Å². The molecule has 1 unspecified atom stereocenters. The minimum absolute atomic E-state index is 0.0828. The molecule has 98 valence electrons. The van der Waals surface area contributed by atoms with E-state index in [-0.39, 0.29) is 11.5 Å². The molecule has 1 saturated carbocycles. The van der Waals surface area contributed by atoms with Gasteiger partial charge in [-0.2, -0.15) is 0 Å². The van der Waals surface area contributed by atoms with Crippen LogP contribution in [0.25, 0.3) is 0 Å². The molecule has 1 aliphatic carbocycles. The van der Waals surface area contributed by atoms with E-state index in [0.717, 1.165) is 12.8 Å². The Hall–Kier alpha value is -0.870. The van der Waals surface area contributed by atoms with Crippen LogP contribution in [0.5, 0.6) is 0 Å². The first-order valence-electron chi connectivity index (χ1n) is 5.98. The van der Waals surface area contributed by atoms with Crippen LogP contribution in [0.15, 0.2) is 24.3 Å². The number of rotatable bonds is 3. The molecule has 0 radical (unpaired) electrons. The van der Waals surface area contributed by atoms with E-state index in [1.165, 1.54) is 0 Å². The Morgan fingerprint density at radius 1 is 1.17 bits per heavy atom. The average Bonchev–Trinajstić information content (AvgIpc) is 2.32. The van der Waals surface area contributed by atoms with Gasteiger partial charge in [-0.05, 0) is 30.5 Å². The van der Waals surface area contributed by atoms with Crippen LogP contribution >= 0.6 is 11.6 Å². The highest BCUT2D eigenvalue weighted by Gasteiger charge is 2.33. The van der Waals surface area contributed by atoms with Crippen molar-refractivity contribution in [3.05, 3.63) is 34.9 Å². The highest BCUT2D eigenvalue weighted by molar-refractivity contribution is 7.92. The minimum Gasteiger partial charge on any atom is -0.298 e. The number of Topliss-reactive ketones (excluding diaryl/α,β-unsaturated/α-hetero) is 1. The van der Waals surface area contributed by atoms with Crippen LogP contribution in [-0.2, 0) is 20.4 Å². The first kappa shape index (κ1) is 13.6. The molecule has 0 spiro atoms. The number of sulfone groups is 1. The first-order valence-corrected chi connectivity index (χ1v) is 8.07. The fraction of sp³-hybridized carbons (Fsp3) is 0.462. The number of carbonyl (C=O) groups excluding carboxylic acids is 1. The van der Waals surface area contributed by atoms with E-state index in [2.05, 4.69) is 0 Å². The van der Waals surface area contributed by atoms with Crippen molar-refractivity contribution in [2.75, 3.05) is 0 Å². The van der Waals surface area contributed by atoms with Gasteiger partial charge in [0.25, 0.3) is 0 Å². The van der Waals surface area contributed by atoms with Crippen molar-refractivity contribution in [2.24, 2.45) is 0 Å². The number of halogens is 1. The van der Waals surface area contributed by atoms with Crippen molar-refractivity contribution < 1.29 is 13.2 Å². The molecular weight excluding hydrogens is 272 g/mol. The Morgan fingerprint density at radius 3 is 2.44 bits per heavy atom. The highest BCUT2D eigenvalue weighted by atomic mass is 35.5. The van der Waals surface area contributed by atoms with E-state index in [9.17, 15) is 13.2 Å². The van der Waals surface area contributed by atoms with E-state index in [4.69, 9.17) is 11.6 Å². The van der Waals surface area contributed by atoms with Crippen molar-refractivity contribution in [1.82, 2.24) is 0 Å². The van der Waals surface area contributed by atoms with Gasteiger partial charge in [0.15, 0.2) is 15.6 Å². The van der Waals surface area contributed by atoms with Crippen molar-refractivity contribution >= 4 is 27.2 Å². The molecule has 0 amide bonds. The molecule has 1 aromatic carbocycles. The molecule has 1 aromatic rings. The number of benzene rings is 1. The van der Waals surface area contributed by atoms with Gasteiger partial charge in [-0.25, -0.2) is 8.42 Å². The number of hydrogen-bond donors (Lipinski definition) is 0. The van der Waals surface area contributed by atoms with Crippen LogP contribution < -0.4 is 0 Å². The third kappa shape index (κ3) is 3.12. The summed E-state index contributed by atoms with van der Waals surface area (Å²) in [5.41, 5.74) is 0.678. The summed E-state index contributed by atoms with van der Waals surface area (Å²) in [4.78, 5) is 11.7. The number of ketones is 1. The second-order valence-corrected chi connectivity index (χ2v) is 7.25. The summed E-state index contributed by atoms with van der Waals surface area (Å²) >= 11 is 5.75. The Labute approximate surface area is 112 Å². The van der Waals surface area contributed by atoms with Crippen molar-refractivity contribution in [1.29, 1.82) is 0 Å². The lowest BCUT2D eigenvalue weighted by Crippen LogP contribution is -2.33. The fourth-order valence-corrected chi connectivity index (χ4v) is 4.27. The molecule has 5 heteroatoms. The van der Waals surface area contributed by atoms with Crippen LogP contribution in [0.3, 0.4) is 0 Å². The standard InChI is InChI=1S/C13H15ClO3S/c14-11-7-5-10(6-8-11)9-18(16,17)13-4-2-1-3-12(13)15/h5-8,13H,1-4,9H2. The minimum atomic E-state index is -3.39. The summed E-state index contributed by atoms with van der Waals surface area (Å²) in [6.07, 6.45) is 2.49. The van der Waals surface area contributed by atoms with Crippen molar-refractivity contribution in [2.45, 2.75) is 36.7 Å². The summed E-state index contributed by atoms with van der Waals surface area (Å²) in [6.45, 7) is 0. The van der Waals surface area contributed by atoms with Crippen LogP contribution in [0.1, 0.15) is 31.2 Å². The first-order chi connectivity index (χ1) is 8.49. The van der Waals surface area contributed by atoms with Gasteiger partial charge in [-0.1, -0.05) is 30.2 Å². The Balaban J connectivity index is 2.16. The monoisotopic (exact) mass is 286 g/mol. The van der Waals surface area contributed by atoms with E-state index in [1.807, 2.05) is 0 Å². The zero-order chi connectivity index (χ0) is 13.2. The van der Waals surface area contributed by atoms with Gasteiger partial charge in [0.2, 0.25) is 0 Å². The lowest BCUT2D eigenvalue weighted by Gasteiger charge is -2.20. The maximum atomic E-state index is 12.2. The Bertz CT molecular complexity index is 534. The topological polar surface area (TPSA) is 51.2 Å². The third-order valence-corrected chi connectivity index (χ3v) is 5.57. The van der Waals surface area contributed by atoms with Crippen LogP contribution in [0.4, 0.5) is 0 Å². The normalized spacial score (nSPS) is 20.9. The van der Waals surface area contributed by atoms with Gasteiger partial charge in [-0.15, -0.1) is 0 Å². The van der Waals surface area contributed by atoms with Gasteiger partial charge in [0, 0.05) is 11.4 Å². The molecule has 0 N–H and O–H groups in total. The molecule has 0 heterocycles. The van der Waals surface area contributed by atoms with Gasteiger partial charge in [0.1, 0.15) is 5.25 Å². The average molecular weight is 287 g/mol. The SMILES string of the molecule is O=C1CCCCC1S(=O)(=O)Cc1ccc(Cl)cc1.